The maximum Gasteiger partial charge on any atom is 0.223 e. The first-order chi connectivity index (χ1) is 7.61. The van der Waals surface area contributed by atoms with E-state index in [-0.39, 0.29) is 11.7 Å². The minimum Gasteiger partial charge on any atom is -0.508 e. The third-order valence-electron chi connectivity index (χ3n) is 3.08. The second kappa shape index (κ2) is 4.14. The quantitative estimate of drug-likeness (QED) is 0.745. The molecule has 4 nitrogen and oxygen atoms in total. The number of rotatable bonds is 1. The first-order valence-electron chi connectivity index (χ1n) is 5.33. The lowest BCUT2D eigenvalue weighted by Crippen LogP contribution is -2.42. The number of aliphatic hydroxyl groups is 1. The average molecular weight is 221 g/mol. The van der Waals surface area contributed by atoms with E-state index in [4.69, 9.17) is 0 Å². The van der Waals surface area contributed by atoms with Crippen LogP contribution in [0.5, 0.6) is 5.75 Å². The normalized spacial score (nSPS) is 25.9. The maximum atomic E-state index is 11.6. The molecule has 0 aromatic heterocycles. The zero-order chi connectivity index (χ0) is 11.7. The molecule has 1 aliphatic heterocycles. The molecule has 1 amide bonds. The van der Waals surface area contributed by atoms with Crippen molar-refractivity contribution in [2.75, 3.05) is 7.05 Å². The summed E-state index contributed by atoms with van der Waals surface area (Å²) in [7, 11) is 1.65. The number of phenols is 1. The lowest BCUT2D eigenvalue weighted by molar-refractivity contribution is -0.140. The number of hydrogen-bond donors (Lipinski definition) is 2. The van der Waals surface area contributed by atoms with Crippen molar-refractivity contribution >= 4 is 5.91 Å². The predicted molar refractivity (Wildman–Crippen MR) is 58.9 cm³/mol. The molecule has 16 heavy (non-hydrogen) atoms. The summed E-state index contributed by atoms with van der Waals surface area (Å²) in [6.45, 7) is 0. The Morgan fingerprint density at radius 1 is 1.38 bits per heavy atom. The summed E-state index contributed by atoms with van der Waals surface area (Å²) in [4.78, 5) is 13.1. The van der Waals surface area contributed by atoms with Crippen molar-refractivity contribution in [2.45, 2.75) is 25.0 Å². The van der Waals surface area contributed by atoms with Crippen LogP contribution in [-0.4, -0.2) is 34.2 Å². The van der Waals surface area contributed by atoms with E-state index in [0.717, 1.165) is 0 Å². The van der Waals surface area contributed by atoms with Gasteiger partial charge in [-0.3, -0.25) is 4.79 Å². The highest BCUT2D eigenvalue weighted by Gasteiger charge is 2.34. The molecule has 0 radical (unpaired) electrons. The van der Waals surface area contributed by atoms with Gasteiger partial charge < -0.3 is 15.1 Å². The number of aromatic hydroxyl groups is 1. The molecule has 1 heterocycles. The molecule has 0 bridgehead atoms. The van der Waals surface area contributed by atoms with Crippen molar-refractivity contribution in [3.8, 4) is 5.75 Å². The number of amides is 1. The van der Waals surface area contributed by atoms with Crippen LogP contribution in [0, 0.1) is 0 Å². The number of likely N-dealkylation sites (tertiary alicyclic amines) is 1. The molecule has 86 valence electrons. The van der Waals surface area contributed by atoms with Crippen LogP contribution in [0.15, 0.2) is 24.3 Å². The molecule has 0 spiro atoms. The Bertz CT molecular complexity index is 405. The fourth-order valence-electron chi connectivity index (χ4n) is 2.17. The number of hydrogen-bond acceptors (Lipinski definition) is 3. The van der Waals surface area contributed by atoms with E-state index >= 15 is 0 Å². The summed E-state index contributed by atoms with van der Waals surface area (Å²) in [6.07, 6.45) is 0.195. The number of likely N-dealkylation sites (N-methyl/N-ethyl adjacent to an activating group) is 1. The van der Waals surface area contributed by atoms with Crippen LogP contribution in [0.1, 0.15) is 24.4 Å². The Balaban J connectivity index is 2.37. The Morgan fingerprint density at radius 3 is 2.75 bits per heavy atom. The van der Waals surface area contributed by atoms with Crippen LogP contribution in [0.3, 0.4) is 0 Å². The van der Waals surface area contributed by atoms with Crippen molar-refractivity contribution in [1.29, 1.82) is 0 Å². The first kappa shape index (κ1) is 11.0. The second-order valence-electron chi connectivity index (χ2n) is 4.11. The Kier molecular flexibility index (Phi) is 2.83. The summed E-state index contributed by atoms with van der Waals surface area (Å²) in [5.74, 6) is 0.117. The number of carbonyl (C=O) groups is 1. The number of aliphatic hydroxyl groups excluding tert-OH is 1. The number of phenolic OH excluding ortho intramolecular Hbond substituents is 1. The molecule has 1 aromatic rings. The lowest BCUT2D eigenvalue weighted by atomic mass is 9.92. The summed E-state index contributed by atoms with van der Waals surface area (Å²) in [6, 6.07) is 6.36. The fraction of sp³-hybridized carbons (Fsp3) is 0.417. The van der Waals surface area contributed by atoms with Gasteiger partial charge in [-0.05, 0) is 12.5 Å². The van der Waals surface area contributed by atoms with E-state index in [1.54, 1.807) is 31.3 Å². The van der Waals surface area contributed by atoms with Crippen molar-refractivity contribution in [3.05, 3.63) is 29.8 Å². The number of nitrogens with zero attached hydrogens (tertiary/aromatic N) is 1. The van der Waals surface area contributed by atoms with Crippen LogP contribution < -0.4 is 0 Å². The van der Waals surface area contributed by atoms with Crippen molar-refractivity contribution in [3.63, 3.8) is 0 Å². The molecule has 1 aliphatic rings. The van der Waals surface area contributed by atoms with E-state index < -0.39 is 12.1 Å². The topological polar surface area (TPSA) is 60.8 Å². The highest BCUT2D eigenvalue weighted by molar-refractivity contribution is 5.77. The summed E-state index contributed by atoms with van der Waals surface area (Å²) >= 11 is 0. The molecule has 1 saturated heterocycles. The van der Waals surface area contributed by atoms with Crippen LogP contribution in [-0.2, 0) is 4.79 Å². The molecule has 2 unspecified atom stereocenters. The molecule has 1 aromatic carbocycles. The minimum atomic E-state index is -0.615. The molecule has 2 atom stereocenters. The van der Waals surface area contributed by atoms with Gasteiger partial charge in [0, 0.05) is 19.0 Å². The summed E-state index contributed by atoms with van der Waals surface area (Å²) < 4.78 is 0. The molecular weight excluding hydrogens is 206 g/mol. The van der Waals surface area contributed by atoms with Gasteiger partial charge in [-0.2, -0.15) is 0 Å². The molecule has 4 heteroatoms. The van der Waals surface area contributed by atoms with E-state index in [0.29, 0.717) is 18.4 Å². The Hall–Kier alpha value is -1.55. The Morgan fingerprint density at radius 2 is 2.06 bits per heavy atom. The SMILES string of the molecule is CN1C(=O)CCC(O)C1c1ccccc1O. The molecule has 0 aliphatic carbocycles. The van der Waals surface area contributed by atoms with E-state index in [2.05, 4.69) is 0 Å². The zero-order valence-corrected chi connectivity index (χ0v) is 9.13. The zero-order valence-electron chi connectivity index (χ0n) is 9.13. The molecular formula is C12H15NO3. The van der Waals surface area contributed by atoms with E-state index in [1.165, 1.54) is 4.90 Å². The third kappa shape index (κ3) is 1.76. The molecule has 1 fully saturated rings. The van der Waals surface area contributed by atoms with Crippen molar-refractivity contribution in [2.24, 2.45) is 0 Å². The summed E-state index contributed by atoms with van der Waals surface area (Å²) in [5.41, 5.74) is 0.602. The third-order valence-corrected chi connectivity index (χ3v) is 3.08. The van der Waals surface area contributed by atoms with Gasteiger partial charge in [-0.25, -0.2) is 0 Å². The van der Waals surface area contributed by atoms with Crippen LogP contribution >= 0.6 is 0 Å². The van der Waals surface area contributed by atoms with E-state index in [1.807, 2.05) is 0 Å². The van der Waals surface area contributed by atoms with Crippen molar-refractivity contribution < 1.29 is 15.0 Å². The first-order valence-corrected chi connectivity index (χ1v) is 5.33. The van der Waals surface area contributed by atoms with Gasteiger partial charge in [0.25, 0.3) is 0 Å². The van der Waals surface area contributed by atoms with E-state index in [9.17, 15) is 15.0 Å². The summed E-state index contributed by atoms with van der Waals surface area (Å²) in [5, 5.41) is 19.7. The lowest BCUT2D eigenvalue weighted by Gasteiger charge is -2.36. The number of para-hydroxylation sites is 1. The molecule has 0 saturated carbocycles. The van der Waals surface area contributed by atoms with Gasteiger partial charge in [-0.1, -0.05) is 18.2 Å². The van der Waals surface area contributed by atoms with Crippen LogP contribution in [0.4, 0.5) is 0 Å². The smallest absolute Gasteiger partial charge is 0.223 e. The standard InChI is InChI=1S/C12H15NO3/c1-13-11(16)7-6-10(15)12(13)8-4-2-3-5-9(8)14/h2-5,10,12,14-15H,6-7H2,1H3. The van der Waals surface area contributed by atoms with Gasteiger partial charge in [0.05, 0.1) is 12.1 Å². The van der Waals surface area contributed by atoms with Gasteiger partial charge in [-0.15, -0.1) is 0 Å². The fourth-order valence-corrected chi connectivity index (χ4v) is 2.17. The Labute approximate surface area is 94.1 Å². The monoisotopic (exact) mass is 221 g/mol. The van der Waals surface area contributed by atoms with Gasteiger partial charge >= 0.3 is 0 Å². The van der Waals surface area contributed by atoms with Crippen LogP contribution in [0.25, 0.3) is 0 Å². The molecule has 2 rings (SSSR count). The van der Waals surface area contributed by atoms with Gasteiger partial charge in [0.2, 0.25) is 5.91 Å². The van der Waals surface area contributed by atoms with Crippen LogP contribution in [0.2, 0.25) is 0 Å². The number of benzene rings is 1. The largest absolute Gasteiger partial charge is 0.508 e. The predicted octanol–water partition coefficient (Wildman–Crippen LogP) is 1.05. The minimum absolute atomic E-state index is 0.00134. The number of carbonyl (C=O) groups excluding carboxylic acids is 1. The van der Waals surface area contributed by atoms with Crippen molar-refractivity contribution in [1.82, 2.24) is 4.90 Å². The molecule has 2 N–H and O–H groups in total. The number of piperidine rings is 1. The van der Waals surface area contributed by atoms with Gasteiger partial charge in [0.15, 0.2) is 0 Å². The highest BCUT2D eigenvalue weighted by atomic mass is 16.3. The average Bonchev–Trinajstić information content (AvgIpc) is 2.27. The highest BCUT2D eigenvalue weighted by Crippen LogP contribution is 2.35. The second-order valence-corrected chi connectivity index (χ2v) is 4.11. The van der Waals surface area contributed by atoms with Gasteiger partial charge in [0.1, 0.15) is 5.75 Å². The maximum absolute atomic E-state index is 11.6.